The van der Waals surface area contributed by atoms with Crippen molar-refractivity contribution in [3.63, 3.8) is 0 Å². The lowest BCUT2D eigenvalue weighted by molar-refractivity contribution is -0.145. The molecule has 1 aliphatic heterocycles. The molecule has 3 rings (SSSR count). The van der Waals surface area contributed by atoms with Gasteiger partial charge < -0.3 is 15.5 Å². The number of anilines is 1. The highest BCUT2D eigenvalue weighted by Crippen LogP contribution is 2.13. The number of nitrogens with zero attached hydrogens (tertiary/aromatic N) is 2. The van der Waals surface area contributed by atoms with Crippen molar-refractivity contribution < 1.29 is 14.0 Å². The van der Waals surface area contributed by atoms with Gasteiger partial charge in [0.2, 0.25) is 11.8 Å². The van der Waals surface area contributed by atoms with Crippen LogP contribution in [-0.2, 0) is 22.6 Å². The number of amides is 2. The second kappa shape index (κ2) is 7.34. The van der Waals surface area contributed by atoms with Gasteiger partial charge in [-0.25, -0.2) is 4.39 Å². The molecule has 0 atom stereocenters. The van der Waals surface area contributed by atoms with Crippen molar-refractivity contribution in [3.05, 3.63) is 65.5 Å². The zero-order valence-electron chi connectivity index (χ0n) is 13.8. The van der Waals surface area contributed by atoms with Gasteiger partial charge in [0.25, 0.3) is 0 Å². The van der Waals surface area contributed by atoms with Crippen LogP contribution in [0.25, 0.3) is 0 Å². The molecule has 0 saturated carbocycles. The fourth-order valence-electron chi connectivity index (χ4n) is 2.87. The number of benzene rings is 2. The number of rotatable bonds is 4. The number of carbonyl (C=O) groups is 2. The van der Waals surface area contributed by atoms with Gasteiger partial charge in [-0.2, -0.15) is 0 Å². The first-order valence-electron chi connectivity index (χ1n) is 8.15. The van der Waals surface area contributed by atoms with E-state index in [9.17, 15) is 14.0 Å². The highest BCUT2D eigenvalue weighted by Gasteiger charge is 2.27. The average Bonchev–Trinajstić information content (AvgIpc) is 2.59. The van der Waals surface area contributed by atoms with Crippen molar-refractivity contribution in [2.24, 2.45) is 0 Å². The van der Waals surface area contributed by atoms with Crippen LogP contribution in [0.15, 0.2) is 48.5 Å². The van der Waals surface area contributed by atoms with E-state index in [1.165, 1.54) is 12.1 Å². The van der Waals surface area contributed by atoms with Crippen LogP contribution in [-0.4, -0.2) is 41.2 Å². The highest BCUT2D eigenvalue weighted by atomic mass is 19.1. The van der Waals surface area contributed by atoms with Crippen LogP contribution in [0.4, 0.5) is 10.1 Å². The molecule has 0 spiro atoms. The molecular formula is C19H20FN3O2. The Kier molecular flexibility index (Phi) is 4.97. The molecule has 6 heteroatoms. The van der Waals surface area contributed by atoms with Gasteiger partial charge in [-0.05, 0) is 35.4 Å². The second-order valence-electron chi connectivity index (χ2n) is 6.18. The fourth-order valence-corrected chi connectivity index (χ4v) is 2.87. The number of hydrogen-bond acceptors (Lipinski definition) is 3. The minimum absolute atomic E-state index is 0.0587. The monoisotopic (exact) mass is 341 g/mol. The molecule has 25 heavy (non-hydrogen) atoms. The molecule has 0 aromatic heterocycles. The number of halogens is 1. The predicted octanol–water partition coefficient (Wildman–Crippen LogP) is 1.82. The Morgan fingerprint density at radius 2 is 1.84 bits per heavy atom. The summed E-state index contributed by atoms with van der Waals surface area (Å²) in [5.41, 5.74) is 7.90. The molecule has 1 fully saturated rings. The smallest absolute Gasteiger partial charge is 0.242 e. The van der Waals surface area contributed by atoms with Gasteiger partial charge in [0.05, 0.1) is 13.0 Å². The maximum absolute atomic E-state index is 13.3. The summed E-state index contributed by atoms with van der Waals surface area (Å²) in [7, 11) is 0. The van der Waals surface area contributed by atoms with Crippen LogP contribution in [0.1, 0.15) is 11.1 Å². The number of hydrogen-bond donors (Lipinski definition) is 1. The number of nitrogen functional groups attached to an aromatic ring is 1. The summed E-state index contributed by atoms with van der Waals surface area (Å²) in [6, 6.07) is 13.3. The Morgan fingerprint density at radius 3 is 2.52 bits per heavy atom. The van der Waals surface area contributed by atoms with Crippen molar-refractivity contribution in [1.29, 1.82) is 0 Å². The Bertz CT molecular complexity index is 776. The quantitative estimate of drug-likeness (QED) is 0.863. The molecule has 1 saturated heterocycles. The van der Waals surface area contributed by atoms with E-state index in [4.69, 9.17) is 5.73 Å². The first-order valence-corrected chi connectivity index (χ1v) is 8.15. The summed E-state index contributed by atoms with van der Waals surface area (Å²) in [6.45, 7) is 1.34. The molecule has 130 valence electrons. The third-order valence-electron chi connectivity index (χ3n) is 4.27. The summed E-state index contributed by atoms with van der Waals surface area (Å²) < 4.78 is 13.3. The van der Waals surface area contributed by atoms with E-state index in [1.807, 2.05) is 12.1 Å². The van der Waals surface area contributed by atoms with Crippen LogP contribution in [0.5, 0.6) is 0 Å². The van der Waals surface area contributed by atoms with Gasteiger partial charge in [0.15, 0.2) is 0 Å². The molecule has 2 aromatic carbocycles. The van der Waals surface area contributed by atoms with E-state index in [2.05, 4.69) is 0 Å². The largest absolute Gasteiger partial charge is 0.399 e. The van der Waals surface area contributed by atoms with E-state index in [0.29, 0.717) is 25.3 Å². The molecule has 0 unspecified atom stereocenters. The lowest BCUT2D eigenvalue weighted by Gasteiger charge is -2.34. The first-order chi connectivity index (χ1) is 12.0. The second-order valence-corrected chi connectivity index (χ2v) is 6.18. The molecule has 2 N–H and O–H groups in total. The minimum Gasteiger partial charge on any atom is -0.399 e. The maximum atomic E-state index is 13.3. The van der Waals surface area contributed by atoms with E-state index >= 15 is 0 Å². The third-order valence-corrected chi connectivity index (χ3v) is 4.27. The Balaban J connectivity index is 1.56. The van der Waals surface area contributed by atoms with E-state index in [1.54, 1.807) is 34.1 Å². The predicted molar refractivity (Wildman–Crippen MR) is 93.0 cm³/mol. The molecule has 0 aliphatic carbocycles. The topological polar surface area (TPSA) is 66.6 Å². The van der Waals surface area contributed by atoms with Gasteiger partial charge in [0.1, 0.15) is 5.82 Å². The van der Waals surface area contributed by atoms with E-state index in [-0.39, 0.29) is 30.6 Å². The van der Waals surface area contributed by atoms with Crippen LogP contribution >= 0.6 is 0 Å². The summed E-state index contributed by atoms with van der Waals surface area (Å²) in [4.78, 5) is 27.9. The Morgan fingerprint density at radius 1 is 1.08 bits per heavy atom. The normalized spacial score (nSPS) is 14.7. The Labute approximate surface area is 145 Å². The van der Waals surface area contributed by atoms with Crippen molar-refractivity contribution in [1.82, 2.24) is 9.80 Å². The molecule has 5 nitrogen and oxygen atoms in total. The standard InChI is InChI=1S/C19H20FN3O2/c20-16-3-1-2-15(10-16)12-22-8-9-23(13-19(22)25)18(24)11-14-4-6-17(21)7-5-14/h1-7,10H,8-9,11-13,21H2. The molecule has 2 aromatic rings. The molecule has 0 radical (unpaired) electrons. The van der Waals surface area contributed by atoms with Crippen LogP contribution < -0.4 is 5.73 Å². The van der Waals surface area contributed by atoms with Gasteiger partial charge in [-0.15, -0.1) is 0 Å². The zero-order valence-corrected chi connectivity index (χ0v) is 13.8. The SMILES string of the molecule is Nc1ccc(CC(=O)N2CCN(Cc3cccc(F)c3)C(=O)C2)cc1. The van der Waals surface area contributed by atoms with Gasteiger partial charge in [0, 0.05) is 25.3 Å². The van der Waals surface area contributed by atoms with Crippen molar-refractivity contribution in [2.45, 2.75) is 13.0 Å². The summed E-state index contributed by atoms with van der Waals surface area (Å²) in [5, 5.41) is 0. The van der Waals surface area contributed by atoms with Crippen LogP contribution in [0, 0.1) is 5.82 Å². The first kappa shape index (κ1) is 17.0. The molecule has 1 heterocycles. The lowest BCUT2D eigenvalue weighted by atomic mass is 10.1. The molecule has 1 aliphatic rings. The van der Waals surface area contributed by atoms with Crippen LogP contribution in [0.3, 0.4) is 0 Å². The number of nitrogens with two attached hydrogens (primary N) is 1. The number of piperazine rings is 1. The third kappa shape index (κ3) is 4.35. The zero-order chi connectivity index (χ0) is 17.8. The van der Waals surface area contributed by atoms with Crippen molar-refractivity contribution >= 4 is 17.5 Å². The van der Waals surface area contributed by atoms with E-state index in [0.717, 1.165) is 11.1 Å². The minimum atomic E-state index is -0.317. The maximum Gasteiger partial charge on any atom is 0.242 e. The molecule has 2 amide bonds. The van der Waals surface area contributed by atoms with Gasteiger partial charge in [-0.3, -0.25) is 9.59 Å². The average molecular weight is 341 g/mol. The molecule has 0 bridgehead atoms. The summed E-state index contributed by atoms with van der Waals surface area (Å²) >= 11 is 0. The van der Waals surface area contributed by atoms with Gasteiger partial charge in [-0.1, -0.05) is 24.3 Å². The Hall–Kier alpha value is -2.89. The van der Waals surface area contributed by atoms with Crippen LogP contribution in [0.2, 0.25) is 0 Å². The summed E-state index contributed by atoms with van der Waals surface area (Å²) in [5.74, 6) is -0.521. The van der Waals surface area contributed by atoms with Crippen molar-refractivity contribution in [2.75, 3.05) is 25.4 Å². The van der Waals surface area contributed by atoms with E-state index < -0.39 is 0 Å². The number of carbonyl (C=O) groups excluding carboxylic acids is 2. The highest BCUT2D eigenvalue weighted by molar-refractivity contribution is 5.87. The molecular weight excluding hydrogens is 321 g/mol. The summed E-state index contributed by atoms with van der Waals surface area (Å²) in [6.07, 6.45) is 0.247. The lowest BCUT2D eigenvalue weighted by Crippen LogP contribution is -2.52. The fraction of sp³-hybridized carbons (Fsp3) is 0.263. The van der Waals surface area contributed by atoms with Crippen molar-refractivity contribution in [3.8, 4) is 0 Å². The van der Waals surface area contributed by atoms with Gasteiger partial charge >= 0.3 is 0 Å².